The van der Waals surface area contributed by atoms with Crippen LogP contribution in [-0.2, 0) is 11.3 Å². The first-order valence-corrected chi connectivity index (χ1v) is 12.4. The third-order valence-electron chi connectivity index (χ3n) is 4.35. The largest absolute Gasteiger partial charge is 0.506 e. The first kappa shape index (κ1) is 23.0. The summed E-state index contributed by atoms with van der Waals surface area (Å²) in [6, 6.07) is 14.6. The number of hydrogen-bond acceptors (Lipinski definition) is 6. The molecule has 1 amide bonds. The molecule has 6 nitrogen and oxygen atoms in total. The standard InChI is InChI=1S/C22H14Br3N3O3S/c23-15-5-3-13(4-6-15)11-26-27-22-28(12-17-2-1-7-31-17)21(30)19(32-22)9-14-8-16(24)10-18(25)20(14)29/h1-11,29H,12H2/b19-9-,26-11-,27-22+. The Labute approximate surface area is 213 Å². The molecule has 1 aliphatic heterocycles. The quantitative estimate of drug-likeness (QED) is 0.190. The maximum atomic E-state index is 13.2. The van der Waals surface area contributed by atoms with Crippen LogP contribution in [0.3, 0.4) is 0 Å². The number of aromatic hydroxyl groups is 1. The van der Waals surface area contributed by atoms with E-state index >= 15 is 0 Å². The maximum absolute atomic E-state index is 13.2. The van der Waals surface area contributed by atoms with Crippen molar-refractivity contribution in [3.63, 3.8) is 0 Å². The summed E-state index contributed by atoms with van der Waals surface area (Å²) >= 11 is 11.3. The van der Waals surface area contributed by atoms with Gasteiger partial charge in [0, 0.05) is 14.5 Å². The number of rotatable bonds is 5. The highest BCUT2D eigenvalue weighted by atomic mass is 79.9. The Morgan fingerprint density at radius 2 is 1.88 bits per heavy atom. The Hall–Kier alpha value is -2.14. The Morgan fingerprint density at radius 3 is 2.59 bits per heavy atom. The second-order valence-corrected chi connectivity index (χ2v) is 10.3. The van der Waals surface area contributed by atoms with Gasteiger partial charge in [0.2, 0.25) is 0 Å². The maximum Gasteiger partial charge on any atom is 0.267 e. The van der Waals surface area contributed by atoms with Gasteiger partial charge < -0.3 is 9.52 Å². The summed E-state index contributed by atoms with van der Waals surface area (Å²) in [6.45, 7) is 0.219. The normalized spacial score (nSPS) is 16.7. The van der Waals surface area contributed by atoms with E-state index in [4.69, 9.17) is 4.42 Å². The number of hydrogen-bond donors (Lipinski definition) is 1. The Kier molecular flexibility index (Phi) is 7.34. The van der Waals surface area contributed by atoms with Crippen molar-refractivity contribution in [2.45, 2.75) is 6.54 Å². The second kappa shape index (κ2) is 10.2. The number of benzene rings is 2. The van der Waals surface area contributed by atoms with Gasteiger partial charge in [-0.3, -0.25) is 9.69 Å². The van der Waals surface area contributed by atoms with Gasteiger partial charge >= 0.3 is 0 Å². The minimum Gasteiger partial charge on any atom is -0.506 e. The summed E-state index contributed by atoms with van der Waals surface area (Å²) < 4.78 is 7.67. The van der Waals surface area contributed by atoms with Gasteiger partial charge in [-0.2, -0.15) is 5.10 Å². The van der Waals surface area contributed by atoms with Crippen molar-refractivity contribution in [3.8, 4) is 5.75 Å². The van der Waals surface area contributed by atoms with Gasteiger partial charge in [0.05, 0.1) is 28.4 Å². The number of furan rings is 1. The molecule has 2 aromatic carbocycles. The van der Waals surface area contributed by atoms with Crippen LogP contribution >= 0.6 is 59.6 Å². The van der Waals surface area contributed by atoms with Crippen molar-refractivity contribution in [3.05, 3.63) is 90.0 Å². The first-order chi connectivity index (χ1) is 15.4. The van der Waals surface area contributed by atoms with Crippen LogP contribution in [0.4, 0.5) is 0 Å². The molecule has 2 heterocycles. The van der Waals surface area contributed by atoms with Gasteiger partial charge in [-0.1, -0.05) is 44.0 Å². The van der Waals surface area contributed by atoms with Crippen molar-refractivity contribution in [2.75, 3.05) is 0 Å². The van der Waals surface area contributed by atoms with E-state index in [2.05, 4.69) is 58.0 Å². The van der Waals surface area contributed by atoms with Crippen molar-refractivity contribution in [1.29, 1.82) is 0 Å². The number of nitrogens with zero attached hydrogens (tertiary/aromatic N) is 3. The van der Waals surface area contributed by atoms with Crippen LogP contribution in [0, 0.1) is 0 Å². The van der Waals surface area contributed by atoms with E-state index in [1.54, 1.807) is 42.8 Å². The molecule has 0 radical (unpaired) electrons. The predicted octanol–water partition coefficient (Wildman–Crippen LogP) is 6.78. The SMILES string of the molecule is O=C1/C(=C/c2cc(Br)cc(Br)c2O)S/C(=N/N=C\c2ccc(Br)cc2)N1Cc1ccco1. The minimum absolute atomic E-state index is 0.0466. The molecule has 10 heteroatoms. The summed E-state index contributed by atoms with van der Waals surface area (Å²) in [5.41, 5.74) is 1.38. The molecule has 0 unspecified atom stereocenters. The number of amides is 1. The molecular weight excluding hydrogens is 626 g/mol. The second-order valence-electron chi connectivity index (χ2n) is 6.59. The highest BCUT2D eigenvalue weighted by molar-refractivity contribution is 9.11. The number of amidine groups is 1. The van der Waals surface area contributed by atoms with Crippen molar-refractivity contribution in [1.82, 2.24) is 4.90 Å². The van der Waals surface area contributed by atoms with Crippen LogP contribution in [0.5, 0.6) is 5.75 Å². The summed E-state index contributed by atoms with van der Waals surface area (Å²) in [4.78, 5) is 15.1. The molecule has 1 saturated heterocycles. The number of carbonyl (C=O) groups excluding carboxylic acids is 1. The third kappa shape index (κ3) is 5.43. The molecule has 162 valence electrons. The summed E-state index contributed by atoms with van der Waals surface area (Å²) in [5, 5.41) is 19.2. The van der Waals surface area contributed by atoms with E-state index in [0.29, 0.717) is 25.9 Å². The number of thioether (sulfide) groups is 1. The fourth-order valence-corrected chi connectivity index (χ4v) is 5.26. The van der Waals surface area contributed by atoms with E-state index in [1.165, 1.54) is 16.7 Å². The molecule has 1 fully saturated rings. The predicted molar refractivity (Wildman–Crippen MR) is 138 cm³/mol. The van der Waals surface area contributed by atoms with E-state index in [0.717, 1.165) is 14.5 Å². The molecule has 0 atom stereocenters. The van der Waals surface area contributed by atoms with Crippen LogP contribution in [0.1, 0.15) is 16.9 Å². The van der Waals surface area contributed by atoms with Crippen LogP contribution in [0.15, 0.2) is 87.7 Å². The molecule has 0 aliphatic carbocycles. The molecule has 4 rings (SSSR count). The summed E-state index contributed by atoms with van der Waals surface area (Å²) in [5.74, 6) is 0.419. The molecule has 3 aromatic rings. The van der Waals surface area contributed by atoms with Crippen molar-refractivity contribution >= 4 is 82.9 Å². The minimum atomic E-state index is -0.250. The van der Waals surface area contributed by atoms with Gasteiger partial charge in [-0.25, -0.2) is 0 Å². The fourth-order valence-electron chi connectivity index (χ4n) is 2.81. The third-order valence-corrected chi connectivity index (χ3v) is 6.93. The lowest BCUT2D eigenvalue weighted by Gasteiger charge is -2.12. The van der Waals surface area contributed by atoms with Gasteiger partial charge in [-0.05, 0) is 75.7 Å². The fraction of sp³-hybridized carbons (Fsp3) is 0.0455. The Bertz CT molecular complexity index is 1240. The lowest BCUT2D eigenvalue weighted by molar-refractivity contribution is -0.122. The lowest BCUT2D eigenvalue weighted by Crippen LogP contribution is -2.28. The summed E-state index contributed by atoms with van der Waals surface area (Å²) in [6.07, 6.45) is 4.81. The molecule has 32 heavy (non-hydrogen) atoms. The van der Waals surface area contributed by atoms with Crippen molar-refractivity contribution < 1.29 is 14.3 Å². The monoisotopic (exact) mass is 637 g/mol. The highest BCUT2D eigenvalue weighted by Crippen LogP contribution is 2.38. The van der Waals surface area contributed by atoms with Gasteiger partial charge in [0.25, 0.3) is 5.91 Å². The zero-order valence-electron chi connectivity index (χ0n) is 16.2. The van der Waals surface area contributed by atoms with E-state index in [1.807, 2.05) is 24.3 Å². The van der Waals surface area contributed by atoms with Gasteiger partial charge in [-0.15, -0.1) is 5.10 Å². The number of halogens is 3. The Morgan fingerprint density at radius 1 is 1.09 bits per heavy atom. The average Bonchev–Trinajstić information content (AvgIpc) is 3.37. The number of phenolic OH excluding ortho intramolecular Hbond substituents is 1. The molecule has 0 saturated carbocycles. The van der Waals surface area contributed by atoms with E-state index in [-0.39, 0.29) is 18.2 Å². The number of phenols is 1. The van der Waals surface area contributed by atoms with Crippen LogP contribution in [0.2, 0.25) is 0 Å². The molecule has 1 aromatic heterocycles. The number of carbonyl (C=O) groups is 1. The molecule has 0 spiro atoms. The van der Waals surface area contributed by atoms with Crippen LogP contribution in [0.25, 0.3) is 6.08 Å². The smallest absolute Gasteiger partial charge is 0.267 e. The topological polar surface area (TPSA) is 78.4 Å². The summed E-state index contributed by atoms with van der Waals surface area (Å²) in [7, 11) is 0. The zero-order chi connectivity index (χ0) is 22.7. The van der Waals surface area contributed by atoms with Gasteiger partial charge in [0.1, 0.15) is 11.5 Å². The molecule has 0 bridgehead atoms. The Balaban J connectivity index is 1.66. The van der Waals surface area contributed by atoms with E-state index < -0.39 is 0 Å². The molecule has 1 N–H and O–H groups in total. The molecular formula is C22H14Br3N3O3S. The van der Waals surface area contributed by atoms with Gasteiger partial charge in [0.15, 0.2) is 5.17 Å². The van der Waals surface area contributed by atoms with Crippen LogP contribution < -0.4 is 0 Å². The highest BCUT2D eigenvalue weighted by Gasteiger charge is 2.34. The first-order valence-electron chi connectivity index (χ1n) is 9.19. The van der Waals surface area contributed by atoms with Crippen LogP contribution in [-0.4, -0.2) is 27.3 Å². The van der Waals surface area contributed by atoms with Crippen molar-refractivity contribution in [2.24, 2.45) is 10.2 Å². The average molecular weight is 640 g/mol. The molecule has 1 aliphatic rings. The lowest BCUT2D eigenvalue weighted by atomic mass is 10.2. The zero-order valence-corrected chi connectivity index (χ0v) is 21.8. The van der Waals surface area contributed by atoms with E-state index in [9.17, 15) is 9.90 Å².